The lowest BCUT2D eigenvalue weighted by molar-refractivity contribution is -0.143. The highest BCUT2D eigenvalue weighted by Gasteiger charge is 2.44. The van der Waals surface area contributed by atoms with Crippen LogP contribution in [-0.2, 0) is 9.53 Å². The summed E-state index contributed by atoms with van der Waals surface area (Å²) < 4.78 is 5.42. The van der Waals surface area contributed by atoms with Crippen molar-refractivity contribution in [1.82, 2.24) is 0 Å². The van der Waals surface area contributed by atoms with Gasteiger partial charge in [-0.2, -0.15) is 0 Å². The van der Waals surface area contributed by atoms with Crippen molar-refractivity contribution >= 4 is 5.97 Å². The van der Waals surface area contributed by atoms with Crippen LogP contribution >= 0.6 is 0 Å². The van der Waals surface area contributed by atoms with E-state index >= 15 is 0 Å². The standard InChI is InChI=1S/C15H22O3/c1-9-5-4-6-10(2)8-13-14(12(16)7-9)11(3)15(17)18-13/h6-7,11-14,16H,4-5,8H2,1-3H3/b9-7-,10-6-/t11-,12-,13+,14+/m1/s1. The summed E-state index contributed by atoms with van der Waals surface area (Å²) in [6.07, 6.45) is 6.04. The summed E-state index contributed by atoms with van der Waals surface area (Å²) in [5.74, 6) is -0.516. The Labute approximate surface area is 109 Å². The van der Waals surface area contributed by atoms with Crippen LogP contribution in [0.3, 0.4) is 0 Å². The van der Waals surface area contributed by atoms with Crippen LogP contribution in [0.15, 0.2) is 23.3 Å². The van der Waals surface area contributed by atoms with Gasteiger partial charge >= 0.3 is 5.97 Å². The van der Waals surface area contributed by atoms with Gasteiger partial charge in [0.05, 0.1) is 12.0 Å². The lowest BCUT2D eigenvalue weighted by atomic mass is 9.83. The van der Waals surface area contributed by atoms with Crippen molar-refractivity contribution in [1.29, 1.82) is 0 Å². The van der Waals surface area contributed by atoms with Crippen molar-refractivity contribution in [2.45, 2.75) is 52.2 Å². The highest BCUT2D eigenvalue weighted by atomic mass is 16.6. The van der Waals surface area contributed by atoms with Gasteiger partial charge in [-0.05, 0) is 26.7 Å². The molecule has 18 heavy (non-hydrogen) atoms. The number of carbonyl (C=O) groups excluding carboxylic acids is 1. The molecule has 4 atom stereocenters. The third-order valence-electron chi connectivity index (χ3n) is 4.05. The number of esters is 1. The first kappa shape index (κ1) is 13.3. The maximum atomic E-state index is 11.7. The fourth-order valence-electron chi connectivity index (χ4n) is 2.94. The molecule has 0 aromatic carbocycles. The molecule has 0 bridgehead atoms. The average Bonchev–Trinajstić information content (AvgIpc) is 2.53. The molecule has 1 N–H and O–H groups in total. The van der Waals surface area contributed by atoms with E-state index in [1.165, 1.54) is 11.1 Å². The maximum Gasteiger partial charge on any atom is 0.309 e. The van der Waals surface area contributed by atoms with Crippen molar-refractivity contribution < 1.29 is 14.6 Å². The lowest BCUT2D eigenvalue weighted by Gasteiger charge is -2.24. The zero-order valence-corrected chi connectivity index (χ0v) is 11.3. The molecule has 2 rings (SSSR count). The molecular weight excluding hydrogens is 228 g/mol. The number of rotatable bonds is 0. The fraction of sp³-hybridized carbons (Fsp3) is 0.667. The molecule has 1 aliphatic carbocycles. The van der Waals surface area contributed by atoms with Crippen LogP contribution in [0.1, 0.15) is 40.0 Å². The van der Waals surface area contributed by atoms with E-state index in [4.69, 9.17) is 4.74 Å². The van der Waals surface area contributed by atoms with E-state index in [0.717, 1.165) is 19.3 Å². The molecule has 0 spiro atoms. The highest BCUT2D eigenvalue weighted by molar-refractivity contribution is 5.75. The Bertz CT molecular complexity index is 395. The molecule has 100 valence electrons. The van der Waals surface area contributed by atoms with E-state index in [1.807, 2.05) is 19.9 Å². The summed E-state index contributed by atoms with van der Waals surface area (Å²) >= 11 is 0. The molecule has 0 saturated carbocycles. The molecule has 3 nitrogen and oxygen atoms in total. The largest absolute Gasteiger partial charge is 0.461 e. The van der Waals surface area contributed by atoms with Gasteiger partial charge < -0.3 is 9.84 Å². The molecule has 2 aliphatic rings. The van der Waals surface area contributed by atoms with E-state index in [2.05, 4.69) is 13.0 Å². The lowest BCUT2D eigenvalue weighted by Crippen LogP contribution is -2.31. The van der Waals surface area contributed by atoms with E-state index < -0.39 is 6.10 Å². The molecule has 0 aromatic rings. The third-order valence-corrected chi connectivity index (χ3v) is 4.05. The summed E-state index contributed by atoms with van der Waals surface area (Å²) in [4.78, 5) is 11.7. The van der Waals surface area contributed by atoms with Crippen LogP contribution in [0, 0.1) is 11.8 Å². The van der Waals surface area contributed by atoms with Crippen LogP contribution < -0.4 is 0 Å². The van der Waals surface area contributed by atoms with E-state index in [-0.39, 0.29) is 23.9 Å². The zero-order chi connectivity index (χ0) is 13.3. The van der Waals surface area contributed by atoms with Gasteiger partial charge in [-0.25, -0.2) is 0 Å². The van der Waals surface area contributed by atoms with E-state index in [1.54, 1.807) is 0 Å². The minimum absolute atomic E-state index is 0.117. The molecule has 0 aromatic heterocycles. The Morgan fingerprint density at radius 2 is 2.06 bits per heavy atom. The number of ether oxygens (including phenoxy) is 1. The van der Waals surface area contributed by atoms with Gasteiger partial charge in [0.15, 0.2) is 0 Å². The van der Waals surface area contributed by atoms with Gasteiger partial charge in [0, 0.05) is 12.3 Å². The van der Waals surface area contributed by atoms with Gasteiger partial charge in [0.1, 0.15) is 6.10 Å². The molecule has 0 amide bonds. The van der Waals surface area contributed by atoms with E-state index in [0.29, 0.717) is 0 Å². The Morgan fingerprint density at radius 3 is 2.78 bits per heavy atom. The topological polar surface area (TPSA) is 46.5 Å². The average molecular weight is 250 g/mol. The van der Waals surface area contributed by atoms with E-state index in [9.17, 15) is 9.90 Å². The first-order valence-corrected chi connectivity index (χ1v) is 6.70. The predicted molar refractivity (Wildman–Crippen MR) is 69.9 cm³/mol. The van der Waals surface area contributed by atoms with Crippen molar-refractivity contribution in [3.63, 3.8) is 0 Å². The van der Waals surface area contributed by atoms with Gasteiger partial charge in [-0.15, -0.1) is 0 Å². The van der Waals surface area contributed by atoms with Gasteiger partial charge in [0.2, 0.25) is 0 Å². The number of fused-ring (bicyclic) bond motifs is 1. The zero-order valence-electron chi connectivity index (χ0n) is 11.3. The summed E-state index contributed by atoms with van der Waals surface area (Å²) in [6, 6.07) is 0. The summed E-state index contributed by atoms with van der Waals surface area (Å²) in [6.45, 7) is 5.95. The fourth-order valence-corrected chi connectivity index (χ4v) is 2.94. The second kappa shape index (κ2) is 5.27. The number of allylic oxidation sites excluding steroid dienone is 2. The minimum Gasteiger partial charge on any atom is -0.461 e. The number of hydrogen-bond acceptors (Lipinski definition) is 3. The molecule has 1 aliphatic heterocycles. The van der Waals surface area contributed by atoms with Crippen LogP contribution in [0.5, 0.6) is 0 Å². The monoisotopic (exact) mass is 250 g/mol. The van der Waals surface area contributed by atoms with Gasteiger partial charge in [-0.3, -0.25) is 4.79 Å². The Morgan fingerprint density at radius 1 is 1.33 bits per heavy atom. The predicted octanol–water partition coefficient (Wildman–Crippen LogP) is 2.60. The van der Waals surface area contributed by atoms with Crippen molar-refractivity contribution in [2.24, 2.45) is 11.8 Å². The number of hydrogen-bond donors (Lipinski definition) is 1. The number of aliphatic hydroxyl groups excluding tert-OH is 1. The van der Waals surface area contributed by atoms with Crippen molar-refractivity contribution in [2.75, 3.05) is 0 Å². The van der Waals surface area contributed by atoms with Crippen LogP contribution in [0.2, 0.25) is 0 Å². The van der Waals surface area contributed by atoms with Crippen LogP contribution in [0.4, 0.5) is 0 Å². The molecule has 1 fully saturated rings. The Hall–Kier alpha value is -1.09. The molecule has 1 saturated heterocycles. The minimum atomic E-state index is -0.581. The normalized spacial score (nSPS) is 43.2. The van der Waals surface area contributed by atoms with Gasteiger partial charge in [-0.1, -0.05) is 30.2 Å². The molecule has 0 unspecified atom stereocenters. The summed E-state index contributed by atoms with van der Waals surface area (Å²) in [5.41, 5.74) is 2.42. The van der Waals surface area contributed by atoms with Gasteiger partial charge in [0.25, 0.3) is 0 Å². The molecule has 3 heteroatoms. The first-order chi connectivity index (χ1) is 8.49. The SMILES string of the molecule is C/C1=C/[C@@H](O)[C@H]2[C@H](C/C(C)=C\CC1)OC(=O)[C@@H]2C. The highest BCUT2D eigenvalue weighted by Crippen LogP contribution is 2.35. The second-order valence-corrected chi connectivity index (χ2v) is 5.64. The molecular formula is C15H22O3. The first-order valence-electron chi connectivity index (χ1n) is 6.70. The van der Waals surface area contributed by atoms with Crippen LogP contribution in [0.25, 0.3) is 0 Å². The van der Waals surface area contributed by atoms with Crippen molar-refractivity contribution in [3.05, 3.63) is 23.3 Å². The number of aliphatic hydroxyl groups is 1. The number of carbonyl (C=O) groups is 1. The van der Waals surface area contributed by atoms with Crippen molar-refractivity contribution in [3.8, 4) is 0 Å². The maximum absolute atomic E-state index is 11.7. The summed E-state index contributed by atoms with van der Waals surface area (Å²) in [5, 5.41) is 10.3. The quantitative estimate of drug-likeness (QED) is 0.531. The molecule has 1 heterocycles. The smallest absolute Gasteiger partial charge is 0.309 e. The third kappa shape index (κ3) is 2.66. The summed E-state index contributed by atoms with van der Waals surface area (Å²) in [7, 11) is 0. The second-order valence-electron chi connectivity index (χ2n) is 5.64. The van der Waals surface area contributed by atoms with Crippen LogP contribution in [-0.4, -0.2) is 23.3 Å². The Kier molecular flexibility index (Phi) is 3.91. The molecule has 0 radical (unpaired) electrons. The Balaban J connectivity index is 2.29.